The molecule has 1 heterocycles. The summed E-state index contributed by atoms with van der Waals surface area (Å²) >= 11 is 0. The molecular weight excluding hydrogens is 112 g/mol. The van der Waals surface area contributed by atoms with Crippen LogP contribution in [0, 0.1) is 5.92 Å². The minimum Gasteiger partial charge on any atom is -0.300 e. The van der Waals surface area contributed by atoms with Gasteiger partial charge in [-0.1, -0.05) is 13.0 Å². The van der Waals surface area contributed by atoms with E-state index < -0.39 is 0 Å². The van der Waals surface area contributed by atoms with E-state index in [9.17, 15) is 0 Å². The Kier molecular flexibility index (Phi) is 1.88. The average Bonchev–Trinajstić information content (AvgIpc) is 1.93. The number of nitrogens with zero attached hydrogens (tertiary/aromatic N) is 2. The Morgan fingerprint density at radius 1 is 1.67 bits per heavy atom. The lowest BCUT2D eigenvalue weighted by Crippen LogP contribution is -2.16. The summed E-state index contributed by atoms with van der Waals surface area (Å²) in [5.74, 6) is 0.623. The van der Waals surface area contributed by atoms with Crippen molar-refractivity contribution in [3.8, 4) is 0 Å². The summed E-state index contributed by atoms with van der Waals surface area (Å²) in [7, 11) is 1.99. The summed E-state index contributed by atoms with van der Waals surface area (Å²) < 4.78 is 0. The molecule has 0 aromatic rings. The molecule has 0 radical (unpaired) electrons. The van der Waals surface area contributed by atoms with Crippen LogP contribution >= 0.6 is 0 Å². The van der Waals surface area contributed by atoms with Crippen molar-refractivity contribution in [3.05, 3.63) is 12.2 Å². The molecule has 0 aliphatic carbocycles. The molecule has 0 fully saturated rings. The third kappa shape index (κ3) is 1.88. The summed E-state index contributed by atoms with van der Waals surface area (Å²) in [6.07, 6.45) is 5.98. The first-order valence-corrected chi connectivity index (χ1v) is 3.21. The topological polar surface area (TPSA) is 15.6 Å². The van der Waals surface area contributed by atoms with Crippen LogP contribution in [0.1, 0.15) is 6.92 Å². The smallest absolute Gasteiger partial charge is 0.0467 e. The molecular formula is C7H12N2. The molecule has 1 rings (SSSR count). The van der Waals surface area contributed by atoms with Crippen LogP contribution in [0.4, 0.5) is 0 Å². The SMILES string of the molecule is CC1C=CC=NN(C)C1. The van der Waals surface area contributed by atoms with Gasteiger partial charge in [0.1, 0.15) is 0 Å². The Bertz CT molecular complexity index is 122. The van der Waals surface area contributed by atoms with E-state index in [0.29, 0.717) is 5.92 Å². The first kappa shape index (κ1) is 6.33. The lowest BCUT2D eigenvalue weighted by Gasteiger charge is -2.12. The van der Waals surface area contributed by atoms with Gasteiger partial charge in [-0.25, -0.2) is 0 Å². The number of hydrogen-bond donors (Lipinski definition) is 0. The summed E-state index contributed by atoms with van der Waals surface area (Å²) in [5.41, 5.74) is 0. The molecule has 0 spiro atoms. The Morgan fingerprint density at radius 2 is 2.44 bits per heavy atom. The Hall–Kier alpha value is -0.790. The van der Waals surface area contributed by atoms with Crippen LogP contribution in [0.3, 0.4) is 0 Å². The van der Waals surface area contributed by atoms with Gasteiger partial charge in [0.05, 0.1) is 0 Å². The highest BCUT2D eigenvalue weighted by molar-refractivity contribution is 5.70. The molecule has 0 saturated heterocycles. The molecule has 1 aliphatic rings. The predicted octanol–water partition coefficient (Wildman–Crippen LogP) is 1.11. The van der Waals surface area contributed by atoms with E-state index in [4.69, 9.17) is 0 Å². The fourth-order valence-corrected chi connectivity index (χ4v) is 0.916. The second kappa shape index (κ2) is 2.67. The van der Waals surface area contributed by atoms with Crippen molar-refractivity contribution in [1.29, 1.82) is 0 Å². The van der Waals surface area contributed by atoms with Crippen LogP contribution in [0.2, 0.25) is 0 Å². The lowest BCUT2D eigenvalue weighted by molar-refractivity contribution is 0.329. The molecule has 0 amide bonds. The van der Waals surface area contributed by atoms with Gasteiger partial charge in [0.25, 0.3) is 0 Å². The van der Waals surface area contributed by atoms with Crippen molar-refractivity contribution in [3.63, 3.8) is 0 Å². The van der Waals surface area contributed by atoms with Gasteiger partial charge in [-0.3, -0.25) is 5.01 Å². The van der Waals surface area contributed by atoms with E-state index in [1.165, 1.54) is 0 Å². The number of rotatable bonds is 0. The maximum absolute atomic E-state index is 4.10. The molecule has 50 valence electrons. The number of hydrazone groups is 1. The molecule has 1 aliphatic heterocycles. The van der Waals surface area contributed by atoms with Crippen LogP contribution in [-0.4, -0.2) is 24.8 Å². The summed E-state index contributed by atoms with van der Waals surface area (Å²) in [6.45, 7) is 3.20. The van der Waals surface area contributed by atoms with E-state index in [1.54, 1.807) is 0 Å². The standard InChI is InChI=1S/C7H12N2/c1-7-4-3-5-8-9(2)6-7/h3-5,7H,6H2,1-2H3. The zero-order chi connectivity index (χ0) is 6.69. The maximum Gasteiger partial charge on any atom is 0.0467 e. The van der Waals surface area contributed by atoms with Gasteiger partial charge >= 0.3 is 0 Å². The lowest BCUT2D eigenvalue weighted by atomic mass is 10.2. The summed E-state index contributed by atoms with van der Waals surface area (Å²) in [4.78, 5) is 0. The normalized spacial score (nSPS) is 26.4. The first-order valence-electron chi connectivity index (χ1n) is 3.21. The van der Waals surface area contributed by atoms with Crippen molar-refractivity contribution in [1.82, 2.24) is 5.01 Å². The monoisotopic (exact) mass is 124 g/mol. The minimum atomic E-state index is 0.623. The van der Waals surface area contributed by atoms with Gasteiger partial charge in [-0.15, -0.1) is 0 Å². The highest BCUT2D eigenvalue weighted by atomic mass is 15.4. The van der Waals surface area contributed by atoms with Gasteiger partial charge in [0, 0.05) is 19.8 Å². The van der Waals surface area contributed by atoms with Crippen LogP contribution in [0.25, 0.3) is 0 Å². The highest BCUT2D eigenvalue weighted by Gasteiger charge is 2.00. The molecule has 0 bridgehead atoms. The number of hydrogen-bond acceptors (Lipinski definition) is 2. The predicted molar refractivity (Wildman–Crippen MR) is 39.4 cm³/mol. The van der Waals surface area contributed by atoms with E-state index in [0.717, 1.165) is 6.54 Å². The molecule has 9 heavy (non-hydrogen) atoms. The Labute approximate surface area is 55.9 Å². The quantitative estimate of drug-likeness (QED) is 0.472. The zero-order valence-electron chi connectivity index (χ0n) is 5.91. The van der Waals surface area contributed by atoms with Gasteiger partial charge in [0.2, 0.25) is 0 Å². The third-order valence-corrected chi connectivity index (χ3v) is 1.34. The molecule has 1 unspecified atom stereocenters. The van der Waals surface area contributed by atoms with Crippen LogP contribution < -0.4 is 0 Å². The molecule has 0 N–H and O–H groups in total. The molecule has 2 nitrogen and oxygen atoms in total. The molecule has 0 aromatic carbocycles. The Balaban J connectivity index is 2.54. The van der Waals surface area contributed by atoms with Gasteiger partial charge in [-0.2, -0.15) is 5.10 Å². The van der Waals surface area contributed by atoms with Gasteiger partial charge < -0.3 is 0 Å². The molecule has 0 aromatic heterocycles. The van der Waals surface area contributed by atoms with Gasteiger partial charge in [0.15, 0.2) is 0 Å². The molecule has 2 heteroatoms. The van der Waals surface area contributed by atoms with Gasteiger partial charge in [-0.05, 0) is 12.0 Å². The minimum absolute atomic E-state index is 0.623. The fourth-order valence-electron chi connectivity index (χ4n) is 0.916. The van der Waals surface area contributed by atoms with E-state index in [-0.39, 0.29) is 0 Å². The zero-order valence-corrected chi connectivity index (χ0v) is 5.91. The second-order valence-electron chi connectivity index (χ2n) is 2.47. The van der Waals surface area contributed by atoms with Crippen LogP contribution in [0.5, 0.6) is 0 Å². The first-order chi connectivity index (χ1) is 4.29. The molecule has 0 saturated carbocycles. The van der Waals surface area contributed by atoms with Crippen molar-refractivity contribution < 1.29 is 0 Å². The second-order valence-corrected chi connectivity index (χ2v) is 2.47. The Morgan fingerprint density at radius 3 is 3.22 bits per heavy atom. The number of allylic oxidation sites excluding steroid dienone is 1. The van der Waals surface area contributed by atoms with E-state index in [2.05, 4.69) is 18.1 Å². The molecule has 1 atom stereocenters. The third-order valence-electron chi connectivity index (χ3n) is 1.34. The van der Waals surface area contributed by atoms with Crippen LogP contribution in [0.15, 0.2) is 17.3 Å². The van der Waals surface area contributed by atoms with Crippen molar-refractivity contribution >= 4 is 6.21 Å². The fraction of sp³-hybridized carbons (Fsp3) is 0.571. The maximum atomic E-state index is 4.10. The van der Waals surface area contributed by atoms with E-state index >= 15 is 0 Å². The highest BCUT2D eigenvalue weighted by Crippen LogP contribution is 2.02. The van der Waals surface area contributed by atoms with Crippen molar-refractivity contribution in [2.24, 2.45) is 11.0 Å². The van der Waals surface area contributed by atoms with Crippen molar-refractivity contribution in [2.45, 2.75) is 6.92 Å². The summed E-state index contributed by atoms with van der Waals surface area (Å²) in [6, 6.07) is 0. The summed E-state index contributed by atoms with van der Waals surface area (Å²) in [5, 5.41) is 6.04. The average molecular weight is 124 g/mol. The van der Waals surface area contributed by atoms with Crippen molar-refractivity contribution in [2.75, 3.05) is 13.6 Å². The largest absolute Gasteiger partial charge is 0.300 e. The van der Waals surface area contributed by atoms with Crippen LogP contribution in [-0.2, 0) is 0 Å². The van der Waals surface area contributed by atoms with E-state index in [1.807, 2.05) is 24.3 Å².